The van der Waals surface area contributed by atoms with Crippen molar-refractivity contribution >= 4 is 0 Å². The van der Waals surface area contributed by atoms with Crippen molar-refractivity contribution in [3.05, 3.63) is 59.2 Å². The van der Waals surface area contributed by atoms with E-state index in [4.69, 9.17) is 15.2 Å². The Hall–Kier alpha value is -2.00. The van der Waals surface area contributed by atoms with Crippen LogP contribution in [0, 0.1) is 0 Å². The summed E-state index contributed by atoms with van der Waals surface area (Å²) in [4.78, 5) is 0. The number of hydrogen-bond acceptors (Lipinski definition) is 3. The smallest absolute Gasteiger partial charge is 0.123 e. The van der Waals surface area contributed by atoms with Gasteiger partial charge in [-0.25, -0.2) is 0 Å². The van der Waals surface area contributed by atoms with Crippen LogP contribution in [0.2, 0.25) is 0 Å². The van der Waals surface area contributed by atoms with Crippen LogP contribution >= 0.6 is 0 Å². The zero-order valence-electron chi connectivity index (χ0n) is 12.8. The monoisotopic (exact) mass is 285 g/mol. The van der Waals surface area contributed by atoms with Crippen LogP contribution in [-0.2, 0) is 19.4 Å². The summed E-state index contributed by atoms with van der Waals surface area (Å²) in [5.41, 5.74) is 9.26. The molecule has 0 heterocycles. The molecule has 0 bridgehead atoms. The quantitative estimate of drug-likeness (QED) is 0.848. The first-order chi connectivity index (χ1) is 10.3. The van der Waals surface area contributed by atoms with E-state index in [2.05, 4.69) is 31.2 Å². The SMILES string of the molecule is CCc1ccc(COc2ccc(OC)cc2CCN)cc1. The summed E-state index contributed by atoms with van der Waals surface area (Å²) >= 11 is 0. The van der Waals surface area contributed by atoms with E-state index >= 15 is 0 Å². The third-order valence-corrected chi connectivity index (χ3v) is 3.51. The van der Waals surface area contributed by atoms with E-state index in [1.165, 1.54) is 11.1 Å². The molecule has 0 fully saturated rings. The topological polar surface area (TPSA) is 44.5 Å². The van der Waals surface area contributed by atoms with Crippen molar-refractivity contribution in [3.63, 3.8) is 0 Å². The summed E-state index contributed by atoms with van der Waals surface area (Å²) in [5.74, 6) is 1.71. The first-order valence-corrected chi connectivity index (χ1v) is 7.34. The molecule has 0 radical (unpaired) electrons. The molecule has 0 saturated heterocycles. The molecule has 2 rings (SSSR count). The normalized spacial score (nSPS) is 10.4. The first-order valence-electron chi connectivity index (χ1n) is 7.34. The van der Waals surface area contributed by atoms with E-state index in [9.17, 15) is 0 Å². The van der Waals surface area contributed by atoms with Crippen molar-refractivity contribution in [2.75, 3.05) is 13.7 Å². The van der Waals surface area contributed by atoms with Crippen molar-refractivity contribution in [2.24, 2.45) is 5.73 Å². The van der Waals surface area contributed by atoms with Gasteiger partial charge in [0, 0.05) is 0 Å². The van der Waals surface area contributed by atoms with Gasteiger partial charge in [0.05, 0.1) is 7.11 Å². The minimum absolute atomic E-state index is 0.563. The van der Waals surface area contributed by atoms with Crippen molar-refractivity contribution in [3.8, 4) is 11.5 Å². The van der Waals surface area contributed by atoms with Gasteiger partial charge in [-0.1, -0.05) is 31.2 Å². The van der Waals surface area contributed by atoms with Crippen LogP contribution in [-0.4, -0.2) is 13.7 Å². The van der Waals surface area contributed by atoms with E-state index < -0.39 is 0 Å². The molecule has 0 atom stereocenters. The van der Waals surface area contributed by atoms with Gasteiger partial charge in [0.25, 0.3) is 0 Å². The molecule has 0 aliphatic carbocycles. The fourth-order valence-electron chi connectivity index (χ4n) is 2.21. The van der Waals surface area contributed by atoms with E-state index in [1.54, 1.807) is 7.11 Å². The second-order valence-corrected chi connectivity index (χ2v) is 4.97. The number of hydrogen-bond donors (Lipinski definition) is 1. The van der Waals surface area contributed by atoms with Crippen LogP contribution in [0.15, 0.2) is 42.5 Å². The Kier molecular flexibility index (Phi) is 5.64. The maximum absolute atomic E-state index is 5.94. The average molecular weight is 285 g/mol. The van der Waals surface area contributed by atoms with Gasteiger partial charge in [-0.05, 0) is 54.3 Å². The first kappa shape index (κ1) is 15.4. The molecule has 21 heavy (non-hydrogen) atoms. The number of methoxy groups -OCH3 is 1. The standard InChI is InChI=1S/C18H23NO2/c1-3-14-4-6-15(7-5-14)13-21-18-9-8-17(20-2)12-16(18)10-11-19/h4-9,12H,3,10-11,13,19H2,1-2H3. The summed E-state index contributed by atoms with van der Waals surface area (Å²) in [6.45, 7) is 3.31. The molecule has 2 N–H and O–H groups in total. The lowest BCUT2D eigenvalue weighted by molar-refractivity contribution is 0.302. The van der Waals surface area contributed by atoms with Crippen LogP contribution in [0.25, 0.3) is 0 Å². The number of benzene rings is 2. The van der Waals surface area contributed by atoms with Crippen LogP contribution in [0.3, 0.4) is 0 Å². The van der Waals surface area contributed by atoms with E-state index in [0.29, 0.717) is 13.2 Å². The highest BCUT2D eigenvalue weighted by Gasteiger charge is 2.06. The van der Waals surface area contributed by atoms with Crippen LogP contribution in [0.5, 0.6) is 11.5 Å². The molecule has 2 aromatic carbocycles. The lowest BCUT2D eigenvalue weighted by atomic mass is 10.1. The fraction of sp³-hybridized carbons (Fsp3) is 0.333. The van der Waals surface area contributed by atoms with Crippen LogP contribution in [0.4, 0.5) is 0 Å². The van der Waals surface area contributed by atoms with E-state index in [0.717, 1.165) is 29.9 Å². The largest absolute Gasteiger partial charge is 0.497 e. The van der Waals surface area contributed by atoms with Crippen LogP contribution in [0.1, 0.15) is 23.6 Å². The molecule has 0 spiro atoms. The number of rotatable bonds is 7. The van der Waals surface area contributed by atoms with Gasteiger partial charge >= 0.3 is 0 Å². The lowest BCUT2D eigenvalue weighted by Gasteiger charge is -2.13. The number of ether oxygens (including phenoxy) is 2. The molecule has 0 aromatic heterocycles. The van der Waals surface area contributed by atoms with Gasteiger partial charge in [0.2, 0.25) is 0 Å². The predicted molar refractivity (Wildman–Crippen MR) is 85.9 cm³/mol. The lowest BCUT2D eigenvalue weighted by Crippen LogP contribution is -2.06. The Morgan fingerprint density at radius 3 is 2.33 bits per heavy atom. The third-order valence-electron chi connectivity index (χ3n) is 3.51. The summed E-state index contributed by atoms with van der Waals surface area (Å²) in [6, 6.07) is 14.4. The van der Waals surface area contributed by atoms with E-state index in [-0.39, 0.29) is 0 Å². The molecule has 112 valence electrons. The van der Waals surface area contributed by atoms with Gasteiger partial charge in [0.15, 0.2) is 0 Å². The molecular weight excluding hydrogens is 262 g/mol. The molecule has 0 aliphatic heterocycles. The van der Waals surface area contributed by atoms with Crippen molar-refractivity contribution in [2.45, 2.75) is 26.4 Å². The maximum atomic E-state index is 5.94. The highest BCUT2D eigenvalue weighted by molar-refractivity contribution is 5.40. The minimum atomic E-state index is 0.563. The molecule has 3 nitrogen and oxygen atoms in total. The zero-order chi connectivity index (χ0) is 15.1. The molecule has 3 heteroatoms. The third kappa shape index (κ3) is 4.23. The molecule has 0 amide bonds. The zero-order valence-corrected chi connectivity index (χ0v) is 12.8. The maximum Gasteiger partial charge on any atom is 0.123 e. The van der Waals surface area contributed by atoms with Crippen molar-refractivity contribution in [1.29, 1.82) is 0 Å². The molecule has 0 aliphatic rings. The molecule has 0 saturated carbocycles. The molecule has 2 aromatic rings. The Morgan fingerprint density at radius 2 is 1.71 bits per heavy atom. The Bertz CT molecular complexity index is 564. The summed E-state index contributed by atoms with van der Waals surface area (Å²) in [6.07, 6.45) is 1.83. The number of nitrogens with two attached hydrogens (primary N) is 1. The predicted octanol–water partition coefficient (Wildman–Crippen LogP) is 3.34. The van der Waals surface area contributed by atoms with Gasteiger partial charge in [-0.2, -0.15) is 0 Å². The van der Waals surface area contributed by atoms with Crippen molar-refractivity contribution in [1.82, 2.24) is 0 Å². The van der Waals surface area contributed by atoms with Gasteiger partial charge in [-0.15, -0.1) is 0 Å². The Balaban J connectivity index is 2.07. The highest BCUT2D eigenvalue weighted by atomic mass is 16.5. The summed E-state index contributed by atoms with van der Waals surface area (Å²) in [7, 11) is 1.66. The summed E-state index contributed by atoms with van der Waals surface area (Å²) < 4.78 is 11.2. The molecule has 0 unspecified atom stereocenters. The van der Waals surface area contributed by atoms with Crippen LogP contribution < -0.4 is 15.2 Å². The second-order valence-electron chi connectivity index (χ2n) is 4.97. The minimum Gasteiger partial charge on any atom is -0.497 e. The van der Waals surface area contributed by atoms with Gasteiger partial charge in [0.1, 0.15) is 18.1 Å². The molecular formula is C18H23NO2. The Labute approximate surface area is 126 Å². The second kappa shape index (κ2) is 7.70. The van der Waals surface area contributed by atoms with Gasteiger partial charge < -0.3 is 15.2 Å². The summed E-state index contributed by atoms with van der Waals surface area (Å²) in [5, 5.41) is 0. The Morgan fingerprint density at radius 1 is 1.00 bits per heavy atom. The van der Waals surface area contributed by atoms with Gasteiger partial charge in [-0.3, -0.25) is 0 Å². The number of aryl methyl sites for hydroxylation is 1. The fourth-order valence-corrected chi connectivity index (χ4v) is 2.21. The van der Waals surface area contributed by atoms with Crippen molar-refractivity contribution < 1.29 is 9.47 Å². The highest BCUT2D eigenvalue weighted by Crippen LogP contribution is 2.25. The average Bonchev–Trinajstić information content (AvgIpc) is 2.54. The van der Waals surface area contributed by atoms with E-state index in [1.807, 2.05) is 18.2 Å².